The molecule has 0 spiro atoms. The maximum atomic E-state index is 12.4. The number of hydrogen-bond donors (Lipinski definition) is 1. The first kappa shape index (κ1) is 15.8. The highest BCUT2D eigenvalue weighted by Gasteiger charge is 2.35. The van der Waals surface area contributed by atoms with E-state index < -0.39 is 21.3 Å². The molecule has 100 valence electrons. The third-order valence-electron chi connectivity index (χ3n) is 1.81. The van der Waals surface area contributed by atoms with Crippen LogP contribution in [0.25, 0.3) is 0 Å². The topological polar surface area (TPSA) is 29.1 Å². The van der Waals surface area contributed by atoms with E-state index >= 15 is 0 Å². The number of benzene rings is 1. The van der Waals surface area contributed by atoms with Gasteiger partial charge in [0.1, 0.15) is 0 Å². The maximum absolute atomic E-state index is 12.4. The van der Waals surface area contributed by atoms with Gasteiger partial charge in [-0.15, -0.1) is 0 Å². The van der Waals surface area contributed by atoms with Crippen molar-refractivity contribution in [3.8, 4) is 0 Å². The van der Waals surface area contributed by atoms with Gasteiger partial charge in [0, 0.05) is 5.69 Å². The fourth-order valence-electron chi connectivity index (χ4n) is 1.01. The van der Waals surface area contributed by atoms with Gasteiger partial charge < -0.3 is 5.32 Å². The molecule has 2 nitrogen and oxygen atoms in total. The Kier molecular flexibility index (Phi) is 5.05. The number of anilines is 1. The number of amides is 1. The Bertz CT molecular complexity index is 453. The third-order valence-corrected chi connectivity index (χ3v) is 4.16. The number of rotatable bonds is 3. The molecule has 18 heavy (non-hydrogen) atoms. The van der Waals surface area contributed by atoms with Gasteiger partial charge in [-0.05, 0) is 39.9 Å². The van der Waals surface area contributed by atoms with E-state index in [4.69, 9.17) is 33.9 Å². The molecule has 1 rings (SSSR count). The van der Waals surface area contributed by atoms with Crippen LogP contribution in [0.3, 0.4) is 0 Å². The minimum atomic E-state index is -4.50. The van der Waals surface area contributed by atoms with Crippen LogP contribution in [0, 0.1) is 0 Å². The Labute approximate surface area is 119 Å². The molecule has 0 aromatic heterocycles. The van der Waals surface area contributed by atoms with Crippen molar-refractivity contribution in [3.05, 3.63) is 29.8 Å². The highest BCUT2D eigenvalue weighted by molar-refractivity contribution is 8.24. The minimum Gasteiger partial charge on any atom is -0.323 e. The molecule has 0 saturated heterocycles. The van der Waals surface area contributed by atoms with E-state index in [1.54, 1.807) is 0 Å². The highest BCUT2D eigenvalue weighted by atomic mass is 35.7. The zero-order valence-electron chi connectivity index (χ0n) is 8.39. The number of hydrogen-bond acceptors (Lipinski definition) is 2. The van der Waals surface area contributed by atoms with Gasteiger partial charge in [-0.1, -0.05) is 29.3 Å². The van der Waals surface area contributed by atoms with Crippen LogP contribution in [0.4, 0.5) is 18.9 Å². The second-order valence-corrected chi connectivity index (χ2v) is 6.13. The number of nitrogens with one attached hydrogen (secondary N) is 1. The van der Waals surface area contributed by atoms with Gasteiger partial charge in [0.05, 0.1) is 5.56 Å². The summed E-state index contributed by atoms with van der Waals surface area (Å²) < 4.78 is 35.3. The van der Waals surface area contributed by atoms with E-state index in [-0.39, 0.29) is 5.69 Å². The van der Waals surface area contributed by atoms with Crippen LogP contribution in [0.5, 0.6) is 0 Å². The number of halogens is 6. The van der Waals surface area contributed by atoms with Crippen molar-refractivity contribution in [1.29, 1.82) is 0 Å². The van der Waals surface area contributed by atoms with Crippen LogP contribution >= 0.6 is 44.9 Å². The second-order valence-electron chi connectivity index (χ2n) is 3.13. The predicted molar refractivity (Wildman–Crippen MR) is 68.0 cm³/mol. The van der Waals surface area contributed by atoms with Gasteiger partial charge in [-0.25, -0.2) is 0 Å². The summed E-state index contributed by atoms with van der Waals surface area (Å²) in [7, 11) is 5.60. The second kappa shape index (κ2) is 5.77. The molecule has 0 fully saturated rings. The van der Waals surface area contributed by atoms with E-state index in [9.17, 15) is 18.0 Å². The Morgan fingerprint density at radius 2 is 1.89 bits per heavy atom. The molecule has 0 saturated carbocycles. The minimum absolute atomic E-state index is 0.0776. The average molecular weight is 339 g/mol. The lowest BCUT2D eigenvalue weighted by atomic mass is 10.2. The summed E-state index contributed by atoms with van der Waals surface area (Å²) in [6.07, 6.45) is -4.50. The summed E-state index contributed by atoms with van der Waals surface area (Å²) in [6.45, 7) is 0. The zero-order chi connectivity index (χ0) is 14.0. The first-order chi connectivity index (χ1) is 8.16. The Hall–Kier alpha value is -0.300. The lowest BCUT2D eigenvalue weighted by Gasteiger charge is -2.15. The molecule has 0 atom stereocenters. The largest absolute Gasteiger partial charge is 0.416 e. The van der Waals surface area contributed by atoms with Gasteiger partial charge in [0.25, 0.3) is 9.57 Å². The molecule has 0 unspecified atom stereocenters. The van der Waals surface area contributed by atoms with Crippen LogP contribution in [0.2, 0.25) is 0 Å². The molecule has 0 radical (unpaired) electrons. The normalized spacial score (nSPS) is 12.3. The molecule has 1 N–H and O–H groups in total. The Morgan fingerprint density at radius 3 is 2.39 bits per heavy atom. The number of alkyl halides is 5. The van der Waals surface area contributed by atoms with Crippen molar-refractivity contribution in [1.82, 2.24) is 0 Å². The van der Waals surface area contributed by atoms with Gasteiger partial charge in [-0.3, -0.25) is 4.79 Å². The van der Waals surface area contributed by atoms with Crippen molar-refractivity contribution in [2.24, 2.45) is 0 Å². The number of carbonyl (C=O) groups excluding carboxylic acids is 1. The van der Waals surface area contributed by atoms with Crippen molar-refractivity contribution < 1.29 is 18.0 Å². The fourth-order valence-corrected chi connectivity index (χ4v) is 1.44. The smallest absolute Gasteiger partial charge is 0.323 e. The number of carbonyl (C=O) groups is 1. The SMILES string of the molecule is O=C(Nc1cccc(C(F)(F)F)c1)C(Cl)(Cl)SCl. The van der Waals surface area contributed by atoms with Crippen molar-refractivity contribution in [2.45, 2.75) is 9.84 Å². The van der Waals surface area contributed by atoms with Crippen molar-refractivity contribution in [3.63, 3.8) is 0 Å². The van der Waals surface area contributed by atoms with Crippen LogP contribution in [0.15, 0.2) is 24.3 Å². The predicted octanol–water partition coefficient (Wildman–Crippen LogP) is 4.66. The monoisotopic (exact) mass is 337 g/mol. The summed E-state index contributed by atoms with van der Waals surface area (Å²) in [5.74, 6) is -0.926. The summed E-state index contributed by atoms with van der Waals surface area (Å²) in [4.78, 5) is 11.5. The Balaban J connectivity index is 2.90. The summed E-state index contributed by atoms with van der Waals surface area (Å²) in [5.41, 5.74) is -0.972. The molecule has 1 aromatic carbocycles. The molecule has 1 aromatic rings. The average Bonchev–Trinajstić information content (AvgIpc) is 2.28. The first-order valence-electron chi connectivity index (χ1n) is 4.33. The van der Waals surface area contributed by atoms with Crippen molar-refractivity contribution >= 4 is 56.5 Å². The molecule has 0 heterocycles. The van der Waals surface area contributed by atoms with Gasteiger partial charge in [0.15, 0.2) is 0 Å². The third kappa shape index (κ3) is 4.12. The molecule has 1 amide bonds. The fraction of sp³-hybridized carbons (Fsp3) is 0.222. The maximum Gasteiger partial charge on any atom is 0.416 e. The van der Waals surface area contributed by atoms with Gasteiger partial charge >= 0.3 is 6.18 Å². The van der Waals surface area contributed by atoms with E-state index in [1.807, 2.05) is 0 Å². The summed E-state index contributed by atoms with van der Waals surface area (Å²) in [6, 6.07) is 4.06. The Morgan fingerprint density at radius 1 is 1.28 bits per heavy atom. The molecule has 0 aliphatic rings. The summed E-state index contributed by atoms with van der Waals surface area (Å²) >= 11 is 11.0. The van der Waals surface area contributed by atoms with Crippen molar-refractivity contribution in [2.75, 3.05) is 5.32 Å². The molecule has 0 aliphatic heterocycles. The molecular formula is C9H5Cl3F3NOS. The summed E-state index contributed by atoms with van der Waals surface area (Å²) in [5, 5.41) is 2.14. The van der Waals surface area contributed by atoms with Crippen LogP contribution < -0.4 is 5.32 Å². The quantitative estimate of drug-likeness (QED) is 0.812. The van der Waals surface area contributed by atoms with Gasteiger partial charge in [-0.2, -0.15) is 13.2 Å². The molecular weight excluding hydrogens is 334 g/mol. The lowest BCUT2D eigenvalue weighted by Crippen LogP contribution is -2.28. The lowest BCUT2D eigenvalue weighted by molar-refractivity contribution is -0.137. The first-order valence-corrected chi connectivity index (χ1v) is 6.73. The van der Waals surface area contributed by atoms with E-state index in [0.29, 0.717) is 11.0 Å². The van der Waals surface area contributed by atoms with Gasteiger partial charge in [0.2, 0.25) is 0 Å². The van der Waals surface area contributed by atoms with Crippen LogP contribution in [-0.4, -0.2) is 9.57 Å². The van der Waals surface area contributed by atoms with E-state index in [2.05, 4.69) is 5.32 Å². The molecule has 0 bridgehead atoms. The van der Waals surface area contributed by atoms with Crippen LogP contribution in [0.1, 0.15) is 5.56 Å². The van der Waals surface area contributed by atoms with E-state index in [1.165, 1.54) is 6.07 Å². The van der Waals surface area contributed by atoms with E-state index in [0.717, 1.165) is 18.2 Å². The molecule has 0 aliphatic carbocycles. The van der Waals surface area contributed by atoms with Crippen LogP contribution in [-0.2, 0) is 11.0 Å². The standard InChI is InChI=1S/C9H5Cl3F3NOS/c10-8(11,18-12)7(17)16-6-3-1-2-5(4-6)9(13,14)15/h1-4H,(H,16,17). The molecule has 9 heteroatoms. The zero-order valence-corrected chi connectivity index (χ0v) is 11.5. The highest BCUT2D eigenvalue weighted by Crippen LogP contribution is 2.39.